The average molecular weight is 175 g/mol. The average Bonchev–Trinajstić information content (AvgIpc) is 2.03. The quantitative estimate of drug-likeness (QED) is 0.662. The zero-order valence-corrected chi connectivity index (χ0v) is 8.59. The zero-order valence-electron chi connectivity index (χ0n) is 8.59. The molecule has 0 radical (unpaired) electrons. The van der Waals surface area contributed by atoms with Crippen molar-refractivity contribution in [3.63, 3.8) is 0 Å². The molecule has 0 aliphatic rings. The van der Waals surface area contributed by atoms with Gasteiger partial charge in [-0.2, -0.15) is 0 Å². The molecule has 3 heteroatoms. The van der Waals surface area contributed by atoms with Crippen molar-refractivity contribution in [2.75, 3.05) is 6.61 Å². The summed E-state index contributed by atoms with van der Waals surface area (Å²) in [6.07, 6.45) is 1.19. The molecule has 0 saturated heterocycles. The Morgan fingerprint density at radius 3 is 2.33 bits per heavy atom. The van der Waals surface area contributed by atoms with Crippen molar-refractivity contribution in [1.29, 1.82) is 0 Å². The van der Waals surface area contributed by atoms with Crippen LogP contribution >= 0.6 is 0 Å². The van der Waals surface area contributed by atoms with E-state index in [-0.39, 0.29) is 12.0 Å². The molecule has 12 heavy (non-hydrogen) atoms. The molecule has 74 valence electrons. The van der Waals surface area contributed by atoms with E-state index in [4.69, 9.17) is 10.5 Å². The Hall–Kier alpha value is -0.570. The summed E-state index contributed by atoms with van der Waals surface area (Å²) in [6, 6.07) is -0.0932. The molecule has 3 nitrogen and oxygen atoms in total. The van der Waals surface area contributed by atoms with Crippen LogP contribution in [0.3, 0.4) is 0 Å². The van der Waals surface area contributed by atoms with E-state index in [2.05, 4.69) is 0 Å². The largest absolute Gasteiger partial charge is 0.466 e. The van der Waals surface area contributed by atoms with Crippen LogP contribution in [-0.2, 0) is 9.53 Å². The van der Waals surface area contributed by atoms with Gasteiger partial charge in [0.15, 0.2) is 0 Å². The van der Waals surface area contributed by atoms with E-state index >= 15 is 0 Å². The van der Waals surface area contributed by atoms with Crippen molar-refractivity contribution < 1.29 is 9.53 Å². The number of ether oxygens (including phenoxy) is 1. The Kier molecular flexibility index (Phi) is 12.2. The van der Waals surface area contributed by atoms with Gasteiger partial charge in [-0.15, -0.1) is 0 Å². The summed E-state index contributed by atoms with van der Waals surface area (Å²) >= 11 is 0. The molecule has 0 aliphatic heterocycles. The molecule has 0 fully saturated rings. The maximum atomic E-state index is 10.7. The van der Waals surface area contributed by atoms with Crippen LogP contribution in [0.25, 0.3) is 0 Å². The predicted molar refractivity (Wildman–Crippen MR) is 50.9 cm³/mol. The SMILES string of the molecule is CC.CCCOC(=O)CC(C)N. The summed E-state index contributed by atoms with van der Waals surface area (Å²) in [5.41, 5.74) is 5.36. The highest BCUT2D eigenvalue weighted by Crippen LogP contribution is 1.91. The fraction of sp³-hybridized carbons (Fsp3) is 0.889. The first kappa shape index (κ1) is 14.0. The smallest absolute Gasteiger partial charge is 0.307 e. The summed E-state index contributed by atoms with van der Waals surface area (Å²) < 4.78 is 4.78. The fourth-order valence-electron chi connectivity index (χ4n) is 0.538. The molecule has 0 rings (SSSR count). The van der Waals surface area contributed by atoms with E-state index in [0.717, 1.165) is 6.42 Å². The van der Waals surface area contributed by atoms with Crippen LogP contribution in [0.2, 0.25) is 0 Å². The Bertz CT molecular complexity index is 103. The van der Waals surface area contributed by atoms with Gasteiger partial charge in [0.1, 0.15) is 0 Å². The van der Waals surface area contributed by atoms with Crippen molar-refractivity contribution in [2.45, 2.75) is 46.6 Å². The lowest BCUT2D eigenvalue weighted by Gasteiger charge is -2.04. The molecular weight excluding hydrogens is 154 g/mol. The Morgan fingerprint density at radius 2 is 2.00 bits per heavy atom. The molecule has 0 heterocycles. The van der Waals surface area contributed by atoms with E-state index in [0.29, 0.717) is 13.0 Å². The van der Waals surface area contributed by atoms with Crippen LogP contribution in [0.5, 0.6) is 0 Å². The highest BCUT2D eigenvalue weighted by atomic mass is 16.5. The minimum Gasteiger partial charge on any atom is -0.466 e. The van der Waals surface area contributed by atoms with E-state index in [1.54, 1.807) is 6.92 Å². The van der Waals surface area contributed by atoms with Gasteiger partial charge in [-0.3, -0.25) is 4.79 Å². The van der Waals surface area contributed by atoms with Crippen LogP contribution < -0.4 is 5.73 Å². The molecule has 1 unspecified atom stereocenters. The summed E-state index contributed by atoms with van der Waals surface area (Å²) in [6.45, 7) is 8.25. The maximum absolute atomic E-state index is 10.7. The van der Waals surface area contributed by atoms with Crippen molar-refractivity contribution in [3.8, 4) is 0 Å². The van der Waals surface area contributed by atoms with Crippen LogP contribution in [-0.4, -0.2) is 18.6 Å². The van der Waals surface area contributed by atoms with Gasteiger partial charge in [0, 0.05) is 6.04 Å². The lowest BCUT2D eigenvalue weighted by molar-refractivity contribution is -0.143. The zero-order chi connectivity index (χ0) is 9.98. The third-order valence-corrected chi connectivity index (χ3v) is 0.956. The number of carbonyl (C=O) groups excluding carboxylic acids is 1. The molecule has 0 aromatic rings. The van der Waals surface area contributed by atoms with Gasteiger partial charge in [-0.1, -0.05) is 20.8 Å². The molecule has 0 aromatic carbocycles. The van der Waals surface area contributed by atoms with E-state index in [9.17, 15) is 4.79 Å². The number of carbonyl (C=O) groups is 1. The lowest BCUT2D eigenvalue weighted by Crippen LogP contribution is -2.21. The lowest BCUT2D eigenvalue weighted by atomic mass is 10.2. The monoisotopic (exact) mass is 175 g/mol. The van der Waals surface area contributed by atoms with Gasteiger partial charge >= 0.3 is 5.97 Å². The van der Waals surface area contributed by atoms with Crippen molar-refractivity contribution >= 4 is 5.97 Å². The Labute approximate surface area is 75.3 Å². The number of rotatable bonds is 4. The van der Waals surface area contributed by atoms with E-state index in [1.807, 2.05) is 20.8 Å². The van der Waals surface area contributed by atoms with Crippen molar-refractivity contribution in [2.24, 2.45) is 5.73 Å². The number of esters is 1. The first-order valence-corrected chi connectivity index (χ1v) is 4.58. The Morgan fingerprint density at radius 1 is 1.50 bits per heavy atom. The highest BCUT2D eigenvalue weighted by molar-refractivity contribution is 5.69. The molecule has 0 aromatic heterocycles. The molecule has 2 N–H and O–H groups in total. The summed E-state index contributed by atoms with van der Waals surface area (Å²) in [4.78, 5) is 10.7. The van der Waals surface area contributed by atoms with Gasteiger partial charge in [0.05, 0.1) is 13.0 Å². The summed E-state index contributed by atoms with van der Waals surface area (Å²) in [5.74, 6) is -0.197. The fourth-order valence-corrected chi connectivity index (χ4v) is 0.538. The molecular formula is C9H21NO2. The van der Waals surface area contributed by atoms with Gasteiger partial charge in [0.2, 0.25) is 0 Å². The molecule has 0 saturated carbocycles. The standard InChI is InChI=1S/C7H15NO2.C2H6/c1-3-4-10-7(9)5-6(2)8;1-2/h6H,3-5,8H2,1-2H3;1-2H3. The summed E-state index contributed by atoms with van der Waals surface area (Å²) in [5, 5.41) is 0. The Balaban J connectivity index is 0. The molecule has 0 amide bonds. The first-order valence-electron chi connectivity index (χ1n) is 4.58. The van der Waals surface area contributed by atoms with Gasteiger partial charge in [-0.25, -0.2) is 0 Å². The van der Waals surface area contributed by atoms with Crippen molar-refractivity contribution in [3.05, 3.63) is 0 Å². The molecule has 0 bridgehead atoms. The minimum atomic E-state index is -0.197. The second-order valence-corrected chi connectivity index (χ2v) is 2.40. The van der Waals surface area contributed by atoms with Gasteiger partial charge in [-0.05, 0) is 13.3 Å². The second kappa shape index (κ2) is 10.4. The minimum absolute atomic E-state index is 0.0932. The van der Waals surface area contributed by atoms with Gasteiger partial charge in [0.25, 0.3) is 0 Å². The second-order valence-electron chi connectivity index (χ2n) is 2.40. The number of hydrogen-bond acceptors (Lipinski definition) is 3. The van der Waals surface area contributed by atoms with Crippen LogP contribution in [0, 0.1) is 0 Å². The van der Waals surface area contributed by atoms with Crippen LogP contribution in [0.15, 0.2) is 0 Å². The molecule has 1 atom stereocenters. The van der Waals surface area contributed by atoms with E-state index in [1.165, 1.54) is 0 Å². The predicted octanol–water partition coefficient (Wildman–Crippen LogP) is 1.70. The topological polar surface area (TPSA) is 52.3 Å². The normalized spacial score (nSPS) is 11.1. The van der Waals surface area contributed by atoms with Crippen LogP contribution in [0.1, 0.15) is 40.5 Å². The maximum Gasteiger partial charge on any atom is 0.307 e. The number of nitrogens with two attached hydrogens (primary N) is 1. The van der Waals surface area contributed by atoms with Crippen LogP contribution in [0.4, 0.5) is 0 Å². The number of hydrogen-bond donors (Lipinski definition) is 1. The molecule has 0 aliphatic carbocycles. The molecule has 0 spiro atoms. The third-order valence-electron chi connectivity index (χ3n) is 0.956. The third kappa shape index (κ3) is 12.1. The van der Waals surface area contributed by atoms with E-state index < -0.39 is 0 Å². The van der Waals surface area contributed by atoms with Crippen molar-refractivity contribution in [1.82, 2.24) is 0 Å². The summed E-state index contributed by atoms with van der Waals surface area (Å²) in [7, 11) is 0. The first-order chi connectivity index (χ1) is 5.66. The highest BCUT2D eigenvalue weighted by Gasteiger charge is 2.04. The van der Waals surface area contributed by atoms with Gasteiger partial charge < -0.3 is 10.5 Å².